The fourth-order valence-electron chi connectivity index (χ4n) is 2.10. The number of rotatable bonds is 7. The van der Waals surface area contributed by atoms with E-state index in [0.29, 0.717) is 17.2 Å². The van der Waals surface area contributed by atoms with Crippen molar-refractivity contribution in [1.82, 2.24) is 10.4 Å². The van der Waals surface area contributed by atoms with Gasteiger partial charge in [0.2, 0.25) is 5.96 Å². The number of amides is 2. The highest BCUT2D eigenvalue weighted by Gasteiger charge is 2.28. The van der Waals surface area contributed by atoms with Gasteiger partial charge in [-0.15, -0.1) is 5.06 Å². The van der Waals surface area contributed by atoms with Gasteiger partial charge in [-0.3, -0.25) is 15.6 Å². The molecule has 0 radical (unpaired) electrons. The summed E-state index contributed by atoms with van der Waals surface area (Å²) in [6, 6.07) is 7.02. The van der Waals surface area contributed by atoms with E-state index in [1.165, 1.54) is 0 Å². The van der Waals surface area contributed by atoms with Crippen LogP contribution in [0.5, 0.6) is 5.75 Å². The van der Waals surface area contributed by atoms with Crippen molar-refractivity contribution >= 4 is 18.1 Å². The van der Waals surface area contributed by atoms with E-state index < -0.39 is 29.3 Å². The monoisotopic (exact) mass is 439 g/mol. The van der Waals surface area contributed by atoms with Gasteiger partial charge < -0.3 is 19.3 Å². The number of guanidine groups is 1. The molecule has 0 fully saturated rings. The first-order valence-electron chi connectivity index (χ1n) is 9.88. The molecule has 0 aliphatic carbocycles. The zero-order valence-electron chi connectivity index (χ0n) is 19.0. The minimum absolute atomic E-state index is 0.0112. The van der Waals surface area contributed by atoms with Gasteiger partial charge in [-0.1, -0.05) is 12.1 Å². The number of carbonyl (C=O) groups excluding carboxylic acids is 2. The van der Waals surface area contributed by atoms with Crippen LogP contribution in [0.15, 0.2) is 24.3 Å². The second kappa shape index (κ2) is 11.5. The molecule has 0 saturated heterocycles. The molecule has 174 valence electrons. The molecular weight excluding hydrogens is 406 g/mol. The highest BCUT2D eigenvalue weighted by Crippen LogP contribution is 2.14. The Bertz CT molecular complexity index is 754. The molecule has 10 heteroatoms. The highest BCUT2D eigenvalue weighted by atomic mass is 16.7. The first-order chi connectivity index (χ1) is 14.3. The summed E-state index contributed by atoms with van der Waals surface area (Å²) in [4.78, 5) is 29.7. The lowest BCUT2D eigenvalue weighted by atomic mass is 10.2. The van der Waals surface area contributed by atoms with Gasteiger partial charge in [0.1, 0.15) is 17.0 Å². The quantitative estimate of drug-likeness (QED) is 0.256. The number of hydrogen-bond donors (Lipinski definition) is 3. The maximum atomic E-state index is 12.4. The number of hydroxylamine groups is 2. The minimum atomic E-state index is -0.954. The van der Waals surface area contributed by atoms with E-state index in [1.54, 1.807) is 65.8 Å². The van der Waals surface area contributed by atoms with Crippen molar-refractivity contribution in [3.63, 3.8) is 0 Å². The fourth-order valence-corrected chi connectivity index (χ4v) is 2.10. The number of hydrogen-bond acceptors (Lipinski definition) is 8. The van der Waals surface area contributed by atoms with Crippen molar-refractivity contribution in [1.29, 1.82) is 5.41 Å². The summed E-state index contributed by atoms with van der Waals surface area (Å²) < 4.78 is 15.9. The zero-order chi connectivity index (χ0) is 23.7. The van der Waals surface area contributed by atoms with Crippen LogP contribution in [0.2, 0.25) is 0 Å². The zero-order valence-corrected chi connectivity index (χ0v) is 19.0. The van der Waals surface area contributed by atoms with E-state index in [2.05, 4.69) is 5.32 Å². The summed E-state index contributed by atoms with van der Waals surface area (Å²) >= 11 is 0. The Labute approximate surface area is 182 Å². The molecular formula is C21H33N3O7. The van der Waals surface area contributed by atoms with Crippen LogP contribution >= 0.6 is 0 Å². The van der Waals surface area contributed by atoms with E-state index in [0.717, 1.165) is 5.56 Å². The van der Waals surface area contributed by atoms with Crippen molar-refractivity contribution < 1.29 is 33.7 Å². The van der Waals surface area contributed by atoms with Gasteiger partial charge in [0.05, 0.1) is 19.8 Å². The summed E-state index contributed by atoms with van der Waals surface area (Å²) in [7, 11) is 0. The number of alkyl carbamates (subject to hydrolysis) is 1. The van der Waals surface area contributed by atoms with Crippen molar-refractivity contribution in [2.75, 3.05) is 13.2 Å². The minimum Gasteiger partial charge on any atom is -0.493 e. The molecule has 0 heterocycles. The highest BCUT2D eigenvalue weighted by molar-refractivity contribution is 5.98. The average Bonchev–Trinajstić information content (AvgIpc) is 2.61. The van der Waals surface area contributed by atoms with E-state index in [1.807, 2.05) is 0 Å². The number of benzene rings is 1. The third kappa shape index (κ3) is 11.2. The lowest BCUT2D eigenvalue weighted by Gasteiger charge is -2.27. The Hall–Kier alpha value is -2.85. The standard InChI is InChI=1S/C21H33N3O7/c1-20(2,3)30-18(26)23-17(22)24(19(27)31-21(4,5)6)29-12-8-11-28-16-10-7-9-15(13-16)14-25/h7,9-10,13,25H,8,11-12,14H2,1-6H3,(H2,22,23,26). The molecule has 1 aromatic carbocycles. The number of nitrogens with zero attached hydrogens (tertiary/aromatic N) is 1. The van der Waals surface area contributed by atoms with Crippen molar-refractivity contribution in [3.8, 4) is 5.75 Å². The van der Waals surface area contributed by atoms with Crippen LogP contribution in [-0.2, 0) is 20.9 Å². The van der Waals surface area contributed by atoms with Gasteiger partial charge in [-0.25, -0.2) is 9.59 Å². The fraction of sp³-hybridized carbons (Fsp3) is 0.571. The van der Waals surface area contributed by atoms with Gasteiger partial charge >= 0.3 is 12.2 Å². The number of nitrogens with one attached hydrogen (secondary N) is 2. The van der Waals surface area contributed by atoms with E-state index in [9.17, 15) is 9.59 Å². The van der Waals surface area contributed by atoms with Gasteiger partial charge in [0, 0.05) is 6.42 Å². The molecule has 0 aromatic heterocycles. The van der Waals surface area contributed by atoms with Gasteiger partial charge in [-0.05, 0) is 59.2 Å². The summed E-state index contributed by atoms with van der Waals surface area (Å²) in [5.74, 6) is -0.0463. The van der Waals surface area contributed by atoms with Gasteiger partial charge in [0.25, 0.3) is 0 Å². The number of carbonyl (C=O) groups is 2. The summed E-state index contributed by atoms with van der Waals surface area (Å²) in [6.07, 6.45) is -1.48. The molecule has 0 unspecified atom stereocenters. The maximum absolute atomic E-state index is 12.4. The average molecular weight is 440 g/mol. The molecule has 2 amide bonds. The summed E-state index contributed by atoms with van der Waals surface area (Å²) in [5, 5.41) is 19.9. The Balaban J connectivity index is 2.63. The van der Waals surface area contributed by atoms with Crippen LogP contribution in [0.1, 0.15) is 53.5 Å². The number of ether oxygens (including phenoxy) is 3. The van der Waals surface area contributed by atoms with Crippen molar-refractivity contribution in [2.24, 2.45) is 0 Å². The molecule has 0 saturated carbocycles. The maximum Gasteiger partial charge on any atom is 0.442 e. The summed E-state index contributed by atoms with van der Waals surface area (Å²) in [5.41, 5.74) is -0.871. The number of aliphatic hydroxyl groups excluding tert-OH is 1. The molecule has 0 bridgehead atoms. The normalized spacial score (nSPS) is 11.5. The Morgan fingerprint density at radius 2 is 1.71 bits per heavy atom. The Morgan fingerprint density at radius 1 is 1.06 bits per heavy atom. The second-order valence-electron chi connectivity index (χ2n) is 8.59. The van der Waals surface area contributed by atoms with Gasteiger partial charge in [-0.2, -0.15) is 0 Å². The van der Waals surface area contributed by atoms with Crippen molar-refractivity contribution in [2.45, 2.75) is 65.8 Å². The van der Waals surface area contributed by atoms with E-state index >= 15 is 0 Å². The van der Waals surface area contributed by atoms with Crippen LogP contribution in [0.3, 0.4) is 0 Å². The molecule has 0 spiro atoms. The first kappa shape index (κ1) is 26.2. The Morgan fingerprint density at radius 3 is 2.29 bits per heavy atom. The summed E-state index contributed by atoms with van der Waals surface area (Å²) in [6.45, 7) is 10.2. The largest absolute Gasteiger partial charge is 0.493 e. The first-order valence-corrected chi connectivity index (χ1v) is 9.88. The van der Waals surface area contributed by atoms with Crippen LogP contribution in [0, 0.1) is 5.41 Å². The van der Waals surface area contributed by atoms with Crippen LogP contribution in [-0.4, -0.2) is 52.7 Å². The predicted octanol–water partition coefficient (Wildman–Crippen LogP) is 3.58. The molecule has 0 atom stereocenters. The van der Waals surface area contributed by atoms with Crippen LogP contribution in [0.25, 0.3) is 0 Å². The van der Waals surface area contributed by atoms with E-state index in [4.69, 9.17) is 29.6 Å². The van der Waals surface area contributed by atoms with Crippen LogP contribution in [0.4, 0.5) is 9.59 Å². The van der Waals surface area contributed by atoms with Gasteiger partial charge in [0.15, 0.2) is 0 Å². The molecule has 31 heavy (non-hydrogen) atoms. The third-order valence-corrected chi connectivity index (χ3v) is 3.24. The third-order valence-electron chi connectivity index (χ3n) is 3.24. The SMILES string of the molecule is CC(C)(C)OC(=O)NC(=N)N(OCCCOc1cccc(CO)c1)C(=O)OC(C)(C)C. The smallest absolute Gasteiger partial charge is 0.442 e. The lowest BCUT2D eigenvalue weighted by molar-refractivity contribution is -0.104. The Kier molecular flexibility index (Phi) is 9.73. The molecule has 0 aliphatic heterocycles. The predicted molar refractivity (Wildman–Crippen MR) is 114 cm³/mol. The lowest BCUT2D eigenvalue weighted by Crippen LogP contribution is -2.49. The van der Waals surface area contributed by atoms with Crippen molar-refractivity contribution in [3.05, 3.63) is 29.8 Å². The molecule has 1 aromatic rings. The number of aliphatic hydroxyl groups is 1. The topological polar surface area (TPSA) is 130 Å². The van der Waals surface area contributed by atoms with E-state index in [-0.39, 0.29) is 19.8 Å². The molecule has 3 N–H and O–H groups in total. The van der Waals surface area contributed by atoms with Crippen LogP contribution < -0.4 is 10.1 Å². The molecule has 1 rings (SSSR count). The molecule has 0 aliphatic rings. The second-order valence-corrected chi connectivity index (χ2v) is 8.59. The molecule has 10 nitrogen and oxygen atoms in total.